The van der Waals surface area contributed by atoms with E-state index in [0.717, 1.165) is 39.0 Å². The van der Waals surface area contributed by atoms with Crippen molar-refractivity contribution < 1.29 is 5.11 Å². The fourth-order valence-corrected chi connectivity index (χ4v) is 2.78. The highest BCUT2D eigenvalue weighted by Gasteiger charge is 2.30. The molecule has 21 heavy (non-hydrogen) atoms. The number of aliphatic hydroxyl groups is 1. The van der Waals surface area contributed by atoms with E-state index in [0.29, 0.717) is 0 Å². The largest absolute Gasteiger partial charge is 0.394 e. The van der Waals surface area contributed by atoms with Crippen molar-refractivity contribution in [1.29, 1.82) is 0 Å². The van der Waals surface area contributed by atoms with Gasteiger partial charge in [-0.1, -0.05) is 51.1 Å². The van der Waals surface area contributed by atoms with Gasteiger partial charge in [-0.15, -0.1) is 0 Å². The van der Waals surface area contributed by atoms with Crippen molar-refractivity contribution in [1.82, 2.24) is 10.2 Å². The van der Waals surface area contributed by atoms with Gasteiger partial charge in [-0.2, -0.15) is 0 Å². The molecule has 0 aliphatic carbocycles. The zero-order chi connectivity index (χ0) is 15.6. The molecule has 0 heterocycles. The molecule has 0 aromatic heterocycles. The summed E-state index contributed by atoms with van der Waals surface area (Å²) in [6.07, 6.45) is 3.18. The van der Waals surface area contributed by atoms with Crippen LogP contribution in [0.1, 0.15) is 45.6 Å². The molecular formula is C18H32N2O. The highest BCUT2D eigenvalue weighted by molar-refractivity contribution is 5.24. The van der Waals surface area contributed by atoms with Gasteiger partial charge in [0, 0.05) is 6.54 Å². The molecule has 120 valence electrons. The molecule has 1 unspecified atom stereocenters. The molecule has 0 fully saturated rings. The van der Waals surface area contributed by atoms with Crippen LogP contribution in [0.2, 0.25) is 0 Å². The Morgan fingerprint density at radius 2 is 1.76 bits per heavy atom. The Bertz CT molecular complexity index is 369. The monoisotopic (exact) mass is 292 g/mol. The number of nitrogens with one attached hydrogen (secondary N) is 1. The van der Waals surface area contributed by atoms with Crippen LogP contribution >= 0.6 is 0 Å². The maximum atomic E-state index is 10.1. The molecule has 1 rings (SSSR count). The van der Waals surface area contributed by atoms with Crippen LogP contribution in [0.5, 0.6) is 0 Å². The molecular weight excluding hydrogens is 260 g/mol. The topological polar surface area (TPSA) is 35.5 Å². The molecule has 0 aliphatic heterocycles. The predicted octanol–water partition coefficient (Wildman–Crippen LogP) is 3.00. The van der Waals surface area contributed by atoms with Gasteiger partial charge in [-0.05, 0) is 44.5 Å². The lowest BCUT2D eigenvalue weighted by Gasteiger charge is -2.36. The molecule has 0 spiro atoms. The average Bonchev–Trinajstić information content (AvgIpc) is 2.55. The normalized spacial score (nSPS) is 14.3. The summed E-state index contributed by atoms with van der Waals surface area (Å²) in [7, 11) is 0. The summed E-state index contributed by atoms with van der Waals surface area (Å²) in [5.41, 5.74) is 0.867. The van der Waals surface area contributed by atoms with Crippen molar-refractivity contribution in [3.63, 3.8) is 0 Å². The third kappa shape index (κ3) is 5.42. The number of aliphatic hydroxyl groups excluding tert-OH is 1. The maximum absolute atomic E-state index is 10.1. The molecule has 3 heteroatoms. The molecule has 0 aliphatic rings. The van der Waals surface area contributed by atoms with Crippen molar-refractivity contribution in [2.45, 2.75) is 45.6 Å². The van der Waals surface area contributed by atoms with Crippen molar-refractivity contribution in [2.75, 3.05) is 32.8 Å². The minimum Gasteiger partial charge on any atom is -0.394 e. The Kier molecular flexibility index (Phi) is 8.58. The van der Waals surface area contributed by atoms with E-state index in [9.17, 15) is 5.11 Å². The summed E-state index contributed by atoms with van der Waals surface area (Å²) in [5, 5.41) is 13.7. The summed E-state index contributed by atoms with van der Waals surface area (Å²) < 4.78 is 0. The van der Waals surface area contributed by atoms with Gasteiger partial charge in [0.15, 0.2) is 0 Å². The smallest absolute Gasteiger partial charge is 0.0681 e. The van der Waals surface area contributed by atoms with Crippen LogP contribution in [-0.2, 0) is 5.54 Å². The molecule has 0 amide bonds. The minimum atomic E-state index is -0.321. The third-order valence-electron chi connectivity index (χ3n) is 4.15. The second kappa shape index (κ2) is 9.93. The highest BCUT2D eigenvalue weighted by Crippen LogP contribution is 2.25. The molecule has 1 atom stereocenters. The number of nitrogens with zero attached hydrogens (tertiary/aromatic N) is 1. The Hall–Kier alpha value is -0.900. The SMILES string of the molecule is CCCNC(CO)(CCN(CC)CCC)c1ccccc1. The number of hydrogen-bond donors (Lipinski definition) is 2. The van der Waals surface area contributed by atoms with Gasteiger partial charge in [0.1, 0.15) is 0 Å². The zero-order valence-electron chi connectivity index (χ0n) is 13.9. The van der Waals surface area contributed by atoms with Crippen molar-refractivity contribution in [2.24, 2.45) is 0 Å². The summed E-state index contributed by atoms with van der Waals surface area (Å²) in [4.78, 5) is 2.46. The van der Waals surface area contributed by atoms with Gasteiger partial charge >= 0.3 is 0 Å². The Morgan fingerprint density at radius 3 is 2.29 bits per heavy atom. The molecule has 0 saturated heterocycles. The molecule has 0 saturated carbocycles. The van der Waals surface area contributed by atoms with Crippen LogP contribution < -0.4 is 5.32 Å². The third-order valence-corrected chi connectivity index (χ3v) is 4.15. The fraction of sp³-hybridized carbons (Fsp3) is 0.667. The van der Waals surface area contributed by atoms with Crippen LogP contribution in [-0.4, -0.2) is 42.8 Å². The molecule has 0 bridgehead atoms. The van der Waals surface area contributed by atoms with E-state index in [4.69, 9.17) is 0 Å². The lowest BCUT2D eigenvalue weighted by molar-refractivity contribution is 0.132. The zero-order valence-corrected chi connectivity index (χ0v) is 13.9. The maximum Gasteiger partial charge on any atom is 0.0681 e. The summed E-state index contributed by atoms with van der Waals surface area (Å²) in [5.74, 6) is 0. The Balaban J connectivity index is 2.85. The first kappa shape index (κ1) is 18.1. The molecule has 0 radical (unpaired) electrons. The Morgan fingerprint density at radius 1 is 1.05 bits per heavy atom. The van der Waals surface area contributed by atoms with E-state index >= 15 is 0 Å². The Labute approximate surface area is 130 Å². The summed E-state index contributed by atoms with van der Waals surface area (Å²) in [6, 6.07) is 10.4. The highest BCUT2D eigenvalue weighted by atomic mass is 16.3. The van der Waals surface area contributed by atoms with Gasteiger partial charge in [0.25, 0.3) is 0 Å². The van der Waals surface area contributed by atoms with Crippen LogP contribution in [0.3, 0.4) is 0 Å². The van der Waals surface area contributed by atoms with Crippen molar-refractivity contribution in [3.8, 4) is 0 Å². The summed E-state index contributed by atoms with van der Waals surface area (Å²) >= 11 is 0. The van der Waals surface area contributed by atoms with Crippen LogP contribution in [0.15, 0.2) is 30.3 Å². The lowest BCUT2D eigenvalue weighted by Crippen LogP contribution is -2.48. The first-order chi connectivity index (χ1) is 10.2. The first-order valence-corrected chi connectivity index (χ1v) is 8.36. The van der Waals surface area contributed by atoms with Crippen molar-refractivity contribution >= 4 is 0 Å². The van der Waals surface area contributed by atoms with E-state index in [1.54, 1.807) is 0 Å². The molecule has 2 N–H and O–H groups in total. The van der Waals surface area contributed by atoms with Gasteiger partial charge < -0.3 is 15.3 Å². The van der Waals surface area contributed by atoms with Gasteiger partial charge in [-0.3, -0.25) is 0 Å². The number of benzene rings is 1. The fourth-order valence-electron chi connectivity index (χ4n) is 2.78. The van der Waals surface area contributed by atoms with E-state index in [-0.39, 0.29) is 12.1 Å². The average molecular weight is 292 g/mol. The van der Waals surface area contributed by atoms with Crippen molar-refractivity contribution in [3.05, 3.63) is 35.9 Å². The van der Waals surface area contributed by atoms with E-state index in [1.165, 1.54) is 12.0 Å². The summed E-state index contributed by atoms with van der Waals surface area (Å²) in [6.45, 7) is 10.9. The standard InChI is InChI=1S/C18H32N2O/c1-4-13-19-18(16-21,17-10-8-7-9-11-17)12-15-20(6-3)14-5-2/h7-11,19,21H,4-6,12-16H2,1-3H3. The van der Waals surface area contributed by atoms with E-state index in [1.807, 2.05) is 6.07 Å². The van der Waals surface area contributed by atoms with E-state index < -0.39 is 0 Å². The molecule has 3 nitrogen and oxygen atoms in total. The van der Waals surface area contributed by atoms with E-state index in [2.05, 4.69) is 55.3 Å². The molecule has 1 aromatic carbocycles. The number of rotatable bonds is 11. The van der Waals surface area contributed by atoms with Gasteiger partial charge in [0.2, 0.25) is 0 Å². The second-order valence-corrected chi connectivity index (χ2v) is 5.72. The predicted molar refractivity (Wildman–Crippen MR) is 90.5 cm³/mol. The lowest BCUT2D eigenvalue weighted by atomic mass is 9.86. The first-order valence-electron chi connectivity index (χ1n) is 8.36. The van der Waals surface area contributed by atoms with Crippen LogP contribution in [0.25, 0.3) is 0 Å². The quantitative estimate of drug-likeness (QED) is 0.658. The molecule has 1 aromatic rings. The minimum absolute atomic E-state index is 0.140. The van der Waals surface area contributed by atoms with Crippen LogP contribution in [0, 0.1) is 0 Å². The van der Waals surface area contributed by atoms with Gasteiger partial charge in [0.05, 0.1) is 12.1 Å². The van der Waals surface area contributed by atoms with Gasteiger partial charge in [-0.25, -0.2) is 0 Å². The van der Waals surface area contributed by atoms with Crippen LogP contribution in [0.4, 0.5) is 0 Å². The number of hydrogen-bond acceptors (Lipinski definition) is 3. The second-order valence-electron chi connectivity index (χ2n) is 5.72.